The lowest BCUT2D eigenvalue weighted by atomic mass is 10.1. The molecule has 8 heteroatoms. The number of hydrogen-bond donors (Lipinski definition) is 2. The summed E-state index contributed by atoms with van der Waals surface area (Å²) < 4.78 is 0. The fourth-order valence-electron chi connectivity index (χ4n) is 3.06. The topological polar surface area (TPSA) is 105 Å². The highest BCUT2D eigenvalue weighted by Crippen LogP contribution is 2.38. The first-order chi connectivity index (χ1) is 14.6. The first kappa shape index (κ1) is 20.2. The van der Waals surface area contributed by atoms with Gasteiger partial charge in [0.05, 0.1) is 4.88 Å². The van der Waals surface area contributed by atoms with Gasteiger partial charge >= 0.3 is 0 Å². The number of hydrogen-bond acceptors (Lipinski definition) is 6. The highest BCUT2D eigenvalue weighted by atomic mass is 32.1. The van der Waals surface area contributed by atoms with Crippen LogP contribution in [0.3, 0.4) is 0 Å². The van der Waals surface area contributed by atoms with Crippen LogP contribution in [0.5, 0.6) is 0 Å². The Kier molecular flexibility index (Phi) is 6.13. The molecule has 7 nitrogen and oxygen atoms in total. The number of anilines is 1. The number of carbonyl (C=O) groups is 3. The normalized spacial score (nSPS) is 13.2. The summed E-state index contributed by atoms with van der Waals surface area (Å²) in [6, 6.07) is 10.9. The molecule has 3 aromatic rings. The van der Waals surface area contributed by atoms with Crippen LogP contribution >= 0.6 is 11.3 Å². The van der Waals surface area contributed by atoms with Crippen LogP contribution in [0.15, 0.2) is 41.8 Å². The molecular weight excluding hydrogens is 400 g/mol. The summed E-state index contributed by atoms with van der Waals surface area (Å²) in [5.41, 5.74) is 1.53. The zero-order chi connectivity index (χ0) is 20.9. The molecular formula is C22H22N4O3S. The van der Waals surface area contributed by atoms with E-state index in [9.17, 15) is 14.4 Å². The molecule has 4 rings (SSSR count). The molecule has 0 atom stereocenters. The molecule has 0 radical (unpaired) electrons. The van der Waals surface area contributed by atoms with Gasteiger partial charge in [-0.05, 0) is 48.6 Å². The summed E-state index contributed by atoms with van der Waals surface area (Å²) in [6.07, 6.45) is 2.90. The molecule has 0 aliphatic heterocycles. The van der Waals surface area contributed by atoms with E-state index in [0.717, 1.165) is 24.2 Å². The average molecular weight is 423 g/mol. The van der Waals surface area contributed by atoms with Gasteiger partial charge < -0.3 is 5.32 Å². The Labute approximate surface area is 177 Å². The van der Waals surface area contributed by atoms with Gasteiger partial charge in [0, 0.05) is 42.9 Å². The van der Waals surface area contributed by atoms with Crippen LogP contribution in [0.4, 0.5) is 5.69 Å². The van der Waals surface area contributed by atoms with E-state index in [4.69, 9.17) is 0 Å². The largest absolute Gasteiger partial charge is 0.326 e. The SMILES string of the molecule is O=C(CCC(=O)Nc1ccc(-c2n[nH]c(C3CC3)n2)cc1)CCC(=O)c1cccs1. The van der Waals surface area contributed by atoms with Crippen LogP contribution in [0.2, 0.25) is 0 Å². The van der Waals surface area contributed by atoms with E-state index >= 15 is 0 Å². The molecule has 1 fully saturated rings. The number of aromatic amines is 1. The molecule has 0 spiro atoms. The lowest BCUT2D eigenvalue weighted by Gasteiger charge is -2.05. The average Bonchev–Trinajstić information content (AvgIpc) is 3.25. The van der Waals surface area contributed by atoms with Crippen LogP contribution in [-0.4, -0.2) is 32.7 Å². The summed E-state index contributed by atoms with van der Waals surface area (Å²) >= 11 is 1.37. The molecule has 2 heterocycles. The van der Waals surface area contributed by atoms with Gasteiger partial charge in [0.2, 0.25) is 5.91 Å². The standard InChI is InChI=1S/C22H22N4O3S/c27-17(9-11-18(28)19-2-1-13-30-19)10-12-20(29)23-16-7-5-15(6-8-16)22-24-21(25-26-22)14-3-4-14/h1-2,5-8,13-14H,3-4,9-12H2,(H,23,29)(H,24,25,26). The van der Waals surface area contributed by atoms with Gasteiger partial charge in [0.15, 0.2) is 11.6 Å². The minimum Gasteiger partial charge on any atom is -0.326 e. The second-order valence-corrected chi connectivity index (χ2v) is 8.33. The molecule has 30 heavy (non-hydrogen) atoms. The number of carbonyl (C=O) groups excluding carboxylic acids is 3. The van der Waals surface area contributed by atoms with Crippen molar-refractivity contribution in [2.75, 3.05) is 5.32 Å². The molecule has 1 saturated carbocycles. The van der Waals surface area contributed by atoms with Crippen molar-refractivity contribution in [2.45, 2.75) is 44.4 Å². The quantitative estimate of drug-likeness (QED) is 0.472. The van der Waals surface area contributed by atoms with Gasteiger partial charge in [0.1, 0.15) is 11.6 Å². The van der Waals surface area contributed by atoms with E-state index in [1.165, 1.54) is 11.3 Å². The highest BCUT2D eigenvalue weighted by molar-refractivity contribution is 7.12. The van der Waals surface area contributed by atoms with Crippen molar-refractivity contribution in [1.29, 1.82) is 0 Å². The van der Waals surface area contributed by atoms with Gasteiger partial charge in [0.25, 0.3) is 0 Å². The summed E-state index contributed by atoms with van der Waals surface area (Å²) in [7, 11) is 0. The molecule has 1 amide bonds. The smallest absolute Gasteiger partial charge is 0.224 e. The lowest BCUT2D eigenvalue weighted by Crippen LogP contribution is -2.13. The van der Waals surface area contributed by atoms with Gasteiger partial charge in [-0.1, -0.05) is 6.07 Å². The fraction of sp³-hybridized carbons (Fsp3) is 0.318. The number of thiophene rings is 1. The number of Topliss-reactive ketones (excluding diaryl/α,β-unsaturated/α-hetero) is 2. The van der Waals surface area contributed by atoms with Crippen LogP contribution in [0.1, 0.15) is 59.9 Å². The third-order valence-electron chi connectivity index (χ3n) is 4.95. The van der Waals surface area contributed by atoms with Gasteiger partial charge in [-0.25, -0.2) is 4.98 Å². The van der Waals surface area contributed by atoms with Crippen molar-refractivity contribution in [1.82, 2.24) is 15.2 Å². The summed E-state index contributed by atoms with van der Waals surface area (Å²) in [4.78, 5) is 41.2. The maximum Gasteiger partial charge on any atom is 0.224 e. The summed E-state index contributed by atoms with van der Waals surface area (Å²) in [5.74, 6) is 1.76. The van der Waals surface area contributed by atoms with Crippen molar-refractivity contribution in [3.63, 3.8) is 0 Å². The van der Waals surface area contributed by atoms with Crippen molar-refractivity contribution in [2.24, 2.45) is 0 Å². The Balaban J connectivity index is 1.20. The molecule has 154 valence electrons. The third-order valence-corrected chi connectivity index (χ3v) is 5.86. The van der Waals surface area contributed by atoms with Crippen molar-refractivity contribution < 1.29 is 14.4 Å². The molecule has 0 bridgehead atoms. The number of ketones is 2. The maximum absolute atomic E-state index is 12.1. The molecule has 2 aromatic heterocycles. The van der Waals surface area contributed by atoms with E-state index in [-0.39, 0.29) is 43.2 Å². The number of amides is 1. The lowest BCUT2D eigenvalue weighted by molar-refractivity contribution is -0.122. The minimum absolute atomic E-state index is 0.0291. The Hall–Kier alpha value is -3.13. The van der Waals surface area contributed by atoms with Crippen LogP contribution in [0.25, 0.3) is 11.4 Å². The van der Waals surface area contributed by atoms with E-state index < -0.39 is 0 Å². The minimum atomic E-state index is -0.227. The van der Waals surface area contributed by atoms with E-state index in [1.54, 1.807) is 18.2 Å². The summed E-state index contributed by atoms with van der Waals surface area (Å²) in [5, 5.41) is 11.9. The third kappa shape index (κ3) is 5.27. The van der Waals surface area contributed by atoms with E-state index in [2.05, 4.69) is 20.5 Å². The zero-order valence-corrected chi connectivity index (χ0v) is 17.2. The monoisotopic (exact) mass is 422 g/mol. The number of aromatic nitrogens is 3. The molecule has 1 aromatic carbocycles. The predicted molar refractivity (Wildman–Crippen MR) is 115 cm³/mol. The predicted octanol–water partition coefficient (Wildman–Crippen LogP) is 4.36. The molecule has 0 saturated heterocycles. The Morgan fingerprint density at radius 3 is 2.50 bits per heavy atom. The molecule has 2 N–H and O–H groups in total. The van der Waals surface area contributed by atoms with Crippen molar-refractivity contribution in [3.05, 3.63) is 52.5 Å². The number of H-pyrrole nitrogens is 1. The number of rotatable bonds is 10. The Morgan fingerprint density at radius 2 is 1.80 bits per heavy atom. The number of nitrogens with one attached hydrogen (secondary N) is 2. The van der Waals surface area contributed by atoms with Crippen molar-refractivity contribution in [3.8, 4) is 11.4 Å². The second kappa shape index (κ2) is 9.13. The Morgan fingerprint density at radius 1 is 1.03 bits per heavy atom. The first-order valence-electron chi connectivity index (χ1n) is 9.99. The highest BCUT2D eigenvalue weighted by Gasteiger charge is 2.27. The van der Waals surface area contributed by atoms with E-state index in [1.807, 2.05) is 23.6 Å². The second-order valence-electron chi connectivity index (χ2n) is 7.38. The number of benzene rings is 1. The molecule has 1 aliphatic rings. The van der Waals surface area contributed by atoms with Crippen molar-refractivity contribution >= 4 is 34.5 Å². The first-order valence-corrected chi connectivity index (χ1v) is 10.9. The summed E-state index contributed by atoms with van der Waals surface area (Å²) in [6.45, 7) is 0. The molecule has 1 aliphatic carbocycles. The maximum atomic E-state index is 12.1. The van der Waals surface area contributed by atoms with Gasteiger partial charge in [-0.3, -0.25) is 19.5 Å². The van der Waals surface area contributed by atoms with Crippen LogP contribution in [-0.2, 0) is 9.59 Å². The zero-order valence-electron chi connectivity index (χ0n) is 16.4. The van der Waals surface area contributed by atoms with Crippen LogP contribution < -0.4 is 5.32 Å². The van der Waals surface area contributed by atoms with Gasteiger partial charge in [-0.15, -0.1) is 11.3 Å². The number of nitrogens with zero attached hydrogens (tertiary/aromatic N) is 2. The Bertz CT molecular complexity index is 1040. The fourth-order valence-corrected chi connectivity index (χ4v) is 3.75. The van der Waals surface area contributed by atoms with E-state index in [0.29, 0.717) is 22.3 Å². The molecule has 0 unspecified atom stereocenters. The van der Waals surface area contributed by atoms with Gasteiger partial charge in [-0.2, -0.15) is 5.10 Å². The van der Waals surface area contributed by atoms with Crippen LogP contribution in [0, 0.1) is 0 Å².